The highest BCUT2D eigenvalue weighted by molar-refractivity contribution is 6.32. The van der Waals surface area contributed by atoms with Gasteiger partial charge >= 0.3 is 0 Å². The quantitative estimate of drug-likeness (QED) is 0.765. The second-order valence-electron chi connectivity index (χ2n) is 3.58. The summed E-state index contributed by atoms with van der Waals surface area (Å²) in [4.78, 5) is 0. The lowest BCUT2D eigenvalue weighted by molar-refractivity contribution is 0.180. The monoisotopic (exact) mass is 229 g/mol. The van der Waals surface area contributed by atoms with Gasteiger partial charge in [-0.3, -0.25) is 0 Å². The second-order valence-corrected chi connectivity index (χ2v) is 3.96. The number of nitrogens with two attached hydrogens (primary N) is 1. The third-order valence-electron chi connectivity index (χ3n) is 2.71. The zero-order valence-corrected chi connectivity index (χ0v) is 10.1. The van der Waals surface area contributed by atoms with Crippen molar-refractivity contribution in [2.75, 3.05) is 7.11 Å². The molecular formula is C11H16ClNO2. The van der Waals surface area contributed by atoms with Crippen LogP contribution in [0.3, 0.4) is 0 Å². The molecule has 0 heterocycles. The molecule has 0 saturated heterocycles. The minimum Gasteiger partial charge on any atom is -0.496 e. The number of benzene rings is 1. The van der Waals surface area contributed by atoms with Crippen LogP contribution in [0.2, 0.25) is 5.02 Å². The molecule has 3 nitrogen and oxygen atoms in total. The van der Waals surface area contributed by atoms with Crippen LogP contribution in [0.1, 0.15) is 28.5 Å². The van der Waals surface area contributed by atoms with Gasteiger partial charge in [-0.25, -0.2) is 0 Å². The van der Waals surface area contributed by atoms with Gasteiger partial charge in [0.2, 0.25) is 0 Å². The highest BCUT2D eigenvalue weighted by Gasteiger charge is 2.20. The Labute approximate surface area is 94.8 Å². The van der Waals surface area contributed by atoms with Gasteiger partial charge in [0, 0.05) is 10.6 Å². The van der Waals surface area contributed by atoms with E-state index in [0.29, 0.717) is 16.3 Å². The second kappa shape index (κ2) is 4.39. The summed E-state index contributed by atoms with van der Waals surface area (Å²) >= 11 is 6.14. The number of ether oxygens (including phenoxy) is 1. The maximum absolute atomic E-state index is 9.50. The normalized spacial score (nSPS) is 12.7. The number of halogens is 1. The number of hydrogen-bond acceptors (Lipinski definition) is 3. The van der Waals surface area contributed by atoms with Crippen molar-refractivity contribution in [3.05, 3.63) is 27.3 Å². The van der Waals surface area contributed by atoms with E-state index >= 15 is 0 Å². The Bertz CT molecular complexity index is 389. The minimum atomic E-state index is -1.07. The van der Waals surface area contributed by atoms with E-state index < -0.39 is 6.23 Å². The molecule has 1 unspecified atom stereocenters. The predicted molar refractivity (Wildman–Crippen MR) is 61.4 cm³/mol. The van der Waals surface area contributed by atoms with Crippen LogP contribution in [0.5, 0.6) is 5.75 Å². The van der Waals surface area contributed by atoms with Gasteiger partial charge in [-0.1, -0.05) is 11.6 Å². The zero-order valence-electron chi connectivity index (χ0n) is 9.39. The summed E-state index contributed by atoms with van der Waals surface area (Å²) in [6.45, 7) is 5.63. The topological polar surface area (TPSA) is 55.5 Å². The van der Waals surface area contributed by atoms with Gasteiger partial charge in [-0.05, 0) is 37.5 Å². The molecular weight excluding hydrogens is 214 g/mol. The molecule has 0 aliphatic heterocycles. The first kappa shape index (κ1) is 12.3. The Balaban J connectivity index is 3.62. The van der Waals surface area contributed by atoms with Gasteiger partial charge in [-0.2, -0.15) is 0 Å². The largest absolute Gasteiger partial charge is 0.496 e. The standard InChI is InChI=1S/C11H16ClNO2/c1-5-6(2)10(15-4)8(11(13)14)7(3)9(5)12/h11,14H,13H2,1-4H3. The molecule has 3 N–H and O–H groups in total. The van der Waals surface area contributed by atoms with Crippen molar-refractivity contribution >= 4 is 11.6 Å². The van der Waals surface area contributed by atoms with Crippen molar-refractivity contribution < 1.29 is 9.84 Å². The molecule has 1 aromatic carbocycles. The van der Waals surface area contributed by atoms with Crippen molar-refractivity contribution in [3.8, 4) is 5.75 Å². The lowest BCUT2D eigenvalue weighted by atomic mass is 9.98. The number of aliphatic hydroxyl groups excluding tert-OH is 1. The average molecular weight is 230 g/mol. The minimum absolute atomic E-state index is 0.561. The number of aliphatic hydroxyl groups is 1. The molecule has 1 aromatic rings. The smallest absolute Gasteiger partial charge is 0.132 e. The first-order chi connectivity index (χ1) is 6.91. The Morgan fingerprint density at radius 2 is 1.73 bits per heavy atom. The van der Waals surface area contributed by atoms with Gasteiger partial charge < -0.3 is 15.6 Å². The third kappa shape index (κ3) is 1.95. The predicted octanol–water partition coefficient (Wildman–Crippen LogP) is 2.22. The summed E-state index contributed by atoms with van der Waals surface area (Å²) in [6, 6.07) is 0. The summed E-state index contributed by atoms with van der Waals surface area (Å²) in [5.41, 5.74) is 8.69. The van der Waals surface area contributed by atoms with E-state index in [0.717, 1.165) is 16.7 Å². The highest BCUT2D eigenvalue weighted by Crippen LogP contribution is 2.37. The molecule has 1 atom stereocenters. The summed E-state index contributed by atoms with van der Waals surface area (Å²) in [7, 11) is 1.56. The molecule has 0 bridgehead atoms. The lowest BCUT2D eigenvalue weighted by Gasteiger charge is -2.20. The molecule has 0 saturated carbocycles. The van der Waals surface area contributed by atoms with E-state index in [1.165, 1.54) is 0 Å². The van der Waals surface area contributed by atoms with Gasteiger partial charge in [0.25, 0.3) is 0 Å². The molecule has 0 radical (unpaired) electrons. The van der Waals surface area contributed by atoms with Gasteiger partial charge in [0.05, 0.1) is 7.11 Å². The summed E-state index contributed by atoms with van der Waals surface area (Å²) in [6.07, 6.45) is -1.07. The van der Waals surface area contributed by atoms with Crippen molar-refractivity contribution in [1.82, 2.24) is 0 Å². The molecule has 0 spiro atoms. The summed E-state index contributed by atoms with van der Waals surface area (Å²) in [5, 5.41) is 10.1. The van der Waals surface area contributed by atoms with Crippen molar-refractivity contribution in [1.29, 1.82) is 0 Å². The highest BCUT2D eigenvalue weighted by atomic mass is 35.5. The molecule has 0 aliphatic carbocycles. The van der Waals surface area contributed by atoms with Gasteiger partial charge in [-0.15, -0.1) is 0 Å². The van der Waals surface area contributed by atoms with Crippen LogP contribution in [-0.4, -0.2) is 12.2 Å². The molecule has 15 heavy (non-hydrogen) atoms. The Morgan fingerprint density at radius 3 is 2.13 bits per heavy atom. The molecule has 0 aromatic heterocycles. The third-order valence-corrected chi connectivity index (χ3v) is 3.28. The molecule has 0 aliphatic rings. The van der Waals surface area contributed by atoms with E-state index in [-0.39, 0.29) is 0 Å². The maximum atomic E-state index is 9.50. The Hall–Kier alpha value is -0.770. The Morgan fingerprint density at radius 1 is 1.20 bits per heavy atom. The lowest BCUT2D eigenvalue weighted by Crippen LogP contribution is -2.13. The fourth-order valence-corrected chi connectivity index (χ4v) is 1.97. The molecule has 0 fully saturated rings. The van der Waals surface area contributed by atoms with E-state index in [1.807, 2.05) is 20.8 Å². The zero-order chi connectivity index (χ0) is 11.7. The molecule has 84 valence electrons. The van der Waals surface area contributed by atoms with Crippen LogP contribution >= 0.6 is 11.6 Å². The molecule has 1 rings (SSSR count). The van der Waals surface area contributed by atoms with E-state index in [9.17, 15) is 5.11 Å². The number of hydrogen-bond donors (Lipinski definition) is 2. The van der Waals surface area contributed by atoms with E-state index in [4.69, 9.17) is 22.1 Å². The first-order valence-corrected chi connectivity index (χ1v) is 5.06. The average Bonchev–Trinajstić information content (AvgIpc) is 2.19. The fraction of sp³-hybridized carbons (Fsp3) is 0.455. The molecule has 0 amide bonds. The van der Waals surface area contributed by atoms with Gasteiger partial charge in [0.1, 0.15) is 12.0 Å². The van der Waals surface area contributed by atoms with Crippen LogP contribution < -0.4 is 10.5 Å². The number of rotatable bonds is 2. The summed E-state index contributed by atoms with van der Waals surface area (Å²) in [5.74, 6) is 0.615. The fourth-order valence-electron chi connectivity index (χ4n) is 1.73. The summed E-state index contributed by atoms with van der Waals surface area (Å²) < 4.78 is 5.26. The van der Waals surface area contributed by atoms with Crippen molar-refractivity contribution in [3.63, 3.8) is 0 Å². The van der Waals surface area contributed by atoms with E-state index in [2.05, 4.69) is 0 Å². The van der Waals surface area contributed by atoms with Crippen molar-refractivity contribution in [2.24, 2.45) is 5.73 Å². The van der Waals surface area contributed by atoms with Crippen molar-refractivity contribution in [2.45, 2.75) is 27.0 Å². The first-order valence-electron chi connectivity index (χ1n) is 4.68. The van der Waals surface area contributed by atoms with Crippen LogP contribution in [0.15, 0.2) is 0 Å². The van der Waals surface area contributed by atoms with Crippen LogP contribution in [0, 0.1) is 20.8 Å². The van der Waals surface area contributed by atoms with Crippen LogP contribution in [-0.2, 0) is 0 Å². The van der Waals surface area contributed by atoms with Gasteiger partial charge in [0.15, 0.2) is 0 Å². The number of methoxy groups -OCH3 is 1. The SMILES string of the molecule is COc1c(C)c(C)c(Cl)c(C)c1C(N)O. The molecule has 4 heteroatoms. The Kier molecular flexibility index (Phi) is 3.60. The maximum Gasteiger partial charge on any atom is 0.132 e. The van der Waals surface area contributed by atoms with Crippen LogP contribution in [0.4, 0.5) is 0 Å². The van der Waals surface area contributed by atoms with E-state index in [1.54, 1.807) is 7.11 Å². The van der Waals surface area contributed by atoms with Crippen LogP contribution in [0.25, 0.3) is 0 Å².